The van der Waals surface area contributed by atoms with Crippen LogP contribution < -0.4 is 27.0 Å². The molecule has 6 N–H and O–H groups in total. The topological polar surface area (TPSA) is 237 Å². The summed E-state index contributed by atoms with van der Waals surface area (Å²) in [6.45, 7) is 0.0442. The van der Waals surface area contributed by atoms with Crippen molar-refractivity contribution in [1.29, 1.82) is 0 Å². The number of nitrogens with zero attached hydrogens (tertiary/aromatic N) is 4. The number of benzene rings is 6. The first-order valence-corrected chi connectivity index (χ1v) is 19.1. The number of fused-ring (bicyclic) bond motifs is 4. The van der Waals surface area contributed by atoms with Crippen molar-refractivity contribution in [3.63, 3.8) is 0 Å². The summed E-state index contributed by atoms with van der Waals surface area (Å²) < 4.78 is 0. The molecule has 0 fully saturated rings. The molecule has 0 aliphatic rings. The van der Waals surface area contributed by atoms with E-state index in [0.29, 0.717) is 44.2 Å². The molecular weight excluding hydrogens is 779 g/mol. The van der Waals surface area contributed by atoms with E-state index in [2.05, 4.69) is 21.3 Å². The van der Waals surface area contributed by atoms with Crippen LogP contribution in [0, 0.1) is 20.2 Å². The van der Waals surface area contributed by atoms with Crippen LogP contribution in [0.15, 0.2) is 133 Å². The molecule has 0 bridgehead atoms. The minimum Gasteiger partial charge on any atom is -0.368 e. The normalized spacial score (nSPS) is 11.6. The monoisotopic (exact) mass is 813 g/mol. The predicted molar refractivity (Wildman–Crippen MR) is 233 cm³/mol. The summed E-state index contributed by atoms with van der Waals surface area (Å²) in [5, 5.41) is 38.6. The van der Waals surface area contributed by atoms with Crippen LogP contribution in [0.4, 0.5) is 34.1 Å². The van der Waals surface area contributed by atoms with E-state index in [0.717, 1.165) is 10.8 Å². The molecule has 8 rings (SSSR count). The number of rotatable bonds is 14. The van der Waals surface area contributed by atoms with Gasteiger partial charge in [0.1, 0.15) is 6.04 Å². The lowest BCUT2D eigenvalue weighted by molar-refractivity contribution is -0.385. The van der Waals surface area contributed by atoms with Crippen LogP contribution in [0.5, 0.6) is 0 Å². The van der Waals surface area contributed by atoms with E-state index in [9.17, 15) is 34.6 Å². The number of primary amides is 1. The molecule has 0 saturated heterocycles. The minimum atomic E-state index is -1.18. The van der Waals surface area contributed by atoms with E-state index >= 15 is 0 Å². The Bertz CT molecular complexity index is 2980. The van der Waals surface area contributed by atoms with Crippen molar-refractivity contribution in [2.45, 2.75) is 18.9 Å². The lowest BCUT2D eigenvalue weighted by Gasteiger charge is -2.19. The molecule has 1 atom stereocenters. The van der Waals surface area contributed by atoms with Crippen molar-refractivity contribution in [1.82, 2.24) is 20.6 Å². The van der Waals surface area contributed by atoms with Crippen LogP contribution in [-0.2, 0) is 4.79 Å². The molecule has 0 aliphatic carbocycles. The second-order valence-corrected chi connectivity index (χ2v) is 14.1. The summed E-state index contributed by atoms with van der Waals surface area (Å²) in [6.07, 6.45) is 0.215. The first-order chi connectivity index (χ1) is 29.5. The Labute approximate surface area is 346 Å². The third-order valence-electron chi connectivity index (χ3n) is 10.2. The van der Waals surface area contributed by atoms with E-state index < -0.39 is 33.6 Å². The molecule has 0 radical (unpaired) electrons. The van der Waals surface area contributed by atoms with Crippen LogP contribution in [0.1, 0.15) is 33.6 Å². The van der Waals surface area contributed by atoms with Crippen LogP contribution in [0.3, 0.4) is 0 Å². The Morgan fingerprint density at radius 2 is 0.967 bits per heavy atom. The van der Waals surface area contributed by atoms with Crippen LogP contribution in [-0.4, -0.2) is 50.1 Å². The van der Waals surface area contributed by atoms with Gasteiger partial charge in [-0.25, -0.2) is 9.97 Å². The summed E-state index contributed by atoms with van der Waals surface area (Å²) >= 11 is 0. The number of hydrogen-bond acceptors (Lipinski definition) is 11. The van der Waals surface area contributed by atoms with Crippen LogP contribution >= 0.6 is 0 Å². The highest BCUT2D eigenvalue weighted by molar-refractivity contribution is 6.12. The summed E-state index contributed by atoms with van der Waals surface area (Å²) in [5.41, 5.74) is 9.59. The lowest BCUT2D eigenvalue weighted by Crippen LogP contribution is -2.45. The first kappa shape index (κ1) is 39.3. The number of pyridine rings is 2. The molecule has 16 nitrogen and oxygen atoms in total. The Balaban J connectivity index is 0.997. The zero-order valence-electron chi connectivity index (χ0n) is 32.1. The standard InChI is InChI=1S/C45H35N9O7/c46-43(55)38(52-45(57)33-22-20-27(54(60)61)25-40(33)51-42-30-12-3-7-16-36(30)49-37-17-8-4-13-31(37)42)18-9-23-47-44(56)32-21-19-26(53(58)59)24-39(32)50-41-28-10-1-5-14-34(28)48-35-15-6-2-11-29(35)41/h1-8,10-17,19-22,24-25,38H,9,18,23H2,(H2,46,55)(H,47,56)(H,48,50)(H,49,51)(H,52,57)/t38-/m1/s1. The molecule has 8 aromatic rings. The van der Waals surface area contributed by atoms with Gasteiger partial charge in [-0.3, -0.25) is 34.6 Å². The third kappa shape index (κ3) is 8.13. The fourth-order valence-electron chi connectivity index (χ4n) is 7.24. The van der Waals surface area contributed by atoms with E-state index in [4.69, 9.17) is 15.7 Å². The van der Waals surface area contributed by atoms with Gasteiger partial charge in [0.25, 0.3) is 23.2 Å². The van der Waals surface area contributed by atoms with Crippen molar-refractivity contribution < 1.29 is 24.2 Å². The zero-order valence-corrected chi connectivity index (χ0v) is 32.1. The van der Waals surface area contributed by atoms with E-state index in [1.165, 1.54) is 36.4 Å². The second kappa shape index (κ2) is 16.8. The number of carbonyl (C=O) groups is 3. The number of aromatic nitrogens is 2. The number of nitro benzene ring substituents is 2. The van der Waals surface area contributed by atoms with E-state index in [1.807, 2.05) is 97.1 Å². The highest BCUT2D eigenvalue weighted by atomic mass is 16.6. The van der Waals surface area contributed by atoms with Crippen molar-refractivity contribution in [2.75, 3.05) is 17.2 Å². The van der Waals surface area contributed by atoms with Gasteiger partial charge in [0.2, 0.25) is 5.91 Å². The largest absolute Gasteiger partial charge is 0.368 e. The summed E-state index contributed by atoms with van der Waals surface area (Å²) in [5.74, 6) is -2.09. The molecule has 0 unspecified atom stereocenters. The number of anilines is 4. The molecular formula is C45H35N9O7. The molecule has 3 amide bonds. The maximum atomic E-state index is 13.9. The molecule has 6 aromatic carbocycles. The number of non-ortho nitro benzene ring substituents is 2. The molecule has 16 heteroatoms. The number of hydrogen-bond donors (Lipinski definition) is 5. The van der Waals surface area contributed by atoms with Crippen molar-refractivity contribution in [3.05, 3.63) is 165 Å². The Morgan fingerprint density at radius 1 is 0.574 bits per heavy atom. The quantitative estimate of drug-likeness (QED) is 0.0304. The number of para-hydroxylation sites is 4. The second-order valence-electron chi connectivity index (χ2n) is 14.1. The molecule has 0 spiro atoms. The van der Waals surface area contributed by atoms with Gasteiger partial charge in [0.15, 0.2) is 0 Å². The van der Waals surface area contributed by atoms with Gasteiger partial charge < -0.3 is 27.0 Å². The average molecular weight is 814 g/mol. The number of carbonyl (C=O) groups excluding carboxylic acids is 3. The van der Waals surface area contributed by atoms with E-state index in [-0.39, 0.29) is 53.3 Å². The molecule has 2 heterocycles. The van der Waals surface area contributed by atoms with E-state index in [1.54, 1.807) is 0 Å². The summed E-state index contributed by atoms with van der Waals surface area (Å²) in [6, 6.07) is 36.0. The fraction of sp³-hybridized carbons (Fsp3) is 0.0889. The SMILES string of the molecule is NC(=O)[C@@H](CCCNC(=O)c1ccc([N+](=O)[O-])cc1Nc1c2ccccc2nc2ccccc12)NC(=O)c1ccc([N+](=O)[O-])cc1Nc1c2ccccc2nc2ccccc12. The predicted octanol–water partition coefficient (Wildman–Crippen LogP) is 8.19. The highest BCUT2D eigenvalue weighted by Gasteiger charge is 2.24. The van der Waals surface area contributed by atoms with Gasteiger partial charge in [-0.1, -0.05) is 72.8 Å². The van der Waals surface area contributed by atoms with Gasteiger partial charge in [-0.15, -0.1) is 0 Å². The number of amides is 3. The Hall–Kier alpha value is -8.53. The molecule has 0 saturated carbocycles. The van der Waals surface area contributed by atoms with Gasteiger partial charge >= 0.3 is 0 Å². The third-order valence-corrected chi connectivity index (χ3v) is 10.2. The maximum absolute atomic E-state index is 13.9. The summed E-state index contributed by atoms with van der Waals surface area (Å²) in [4.78, 5) is 72.2. The van der Waals surface area contributed by atoms with Gasteiger partial charge in [0.05, 0.1) is 65.8 Å². The molecule has 61 heavy (non-hydrogen) atoms. The minimum absolute atomic E-state index is 0.0167. The van der Waals surface area contributed by atoms with Crippen LogP contribution in [0.25, 0.3) is 43.6 Å². The van der Waals surface area contributed by atoms with Crippen molar-refractivity contribution in [3.8, 4) is 0 Å². The summed E-state index contributed by atoms with van der Waals surface area (Å²) in [7, 11) is 0. The zero-order chi connectivity index (χ0) is 42.6. The first-order valence-electron chi connectivity index (χ1n) is 19.1. The number of nitrogens with two attached hydrogens (primary N) is 1. The average Bonchev–Trinajstić information content (AvgIpc) is 3.26. The smallest absolute Gasteiger partial charge is 0.271 e. The fourth-order valence-corrected chi connectivity index (χ4v) is 7.24. The lowest BCUT2D eigenvalue weighted by atomic mass is 10.0. The Morgan fingerprint density at radius 3 is 1.36 bits per heavy atom. The number of nitrogens with one attached hydrogen (secondary N) is 4. The number of nitro groups is 2. The van der Waals surface area contributed by atoms with Crippen LogP contribution in [0.2, 0.25) is 0 Å². The van der Waals surface area contributed by atoms with Gasteiger partial charge in [0, 0.05) is 52.4 Å². The van der Waals surface area contributed by atoms with Gasteiger partial charge in [-0.05, 0) is 49.2 Å². The Kier molecular flexibility index (Phi) is 10.8. The molecule has 2 aromatic heterocycles. The maximum Gasteiger partial charge on any atom is 0.271 e. The molecule has 0 aliphatic heterocycles. The van der Waals surface area contributed by atoms with Crippen molar-refractivity contribution in [2.24, 2.45) is 5.73 Å². The highest BCUT2D eigenvalue weighted by Crippen LogP contribution is 2.37. The molecule has 302 valence electrons. The van der Waals surface area contributed by atoms with Gasteiger partial charge in [-0.2, -0.15) is 0 Å². The van der Waals surface area contributed by atoms with Crippen molar-refractivity contribution >= 4 is 95.5 Å².